The summed E-state index contributed by atoms with van der Waals surface area (Å²) in [5.74, 6) is -2.63. The number of hydrogen-bond acceptors (Lipinski definition) is 7. The summed E-state index contributed by atoms with van der Waals surface area (Å²) in [7, 11) is 0. The van der Waals surface area contributed by atoms with E-state index in [1.807, 2.05) is 13.8 Å². The standard InChI is InChI=1S/C26H33Cl4N3O5/c1-8-19(34)37-23(14(3)13(2)21-17(29)9-15(27)11-31-21)20(22-18(30)10-16(28)12-32-22)26(7,36)33-24(35)38-25(4,5)6/h9-14,20,23,36H,8H2,1-7H3,(H,33,35)/t13?,14?,20?,23?,26-/m0/s1. The van der Waals surface area contributed by atoms with Crippen molar-refractivity contribution in [1.82, 2.24) is 15.3 Å². The number of halogens is 4. The van der Waals surface area contributed by atoms with Gasteiger partial charge in [-0.2, -0.15) is 0 Å². The molecule has 0 saturated heterocycles. The second kappa shape index (κ2) is 13.0. The lowest BCUT2D eigenvalue weighted by Crippen LogP contribution is -2.56. The van der Waals surface area contributed by atoms with Gasteiger partial charge in [0.15, 0.2) is 0 Å². The largest absolute Gasteiger partial charge is 0.461 e. The molecule has 2 aromatic heterocycles. The fourth-order valence-electron chi connectivity index (χ4n) is 3.99. The maximum atomic E-state index is 12.7. The van der Waals surface area contributed by atoms with Crippen LogP contribution in [0.15, 0.2) is 24.5 Å². The Morgan fingerprint density at radius 1 is 0.974 bits per heavy atom. The molecule has 0 saturated carbocycles. The van der Waals surface area contributed by atoms with Crippen molar-refractivity contribution in [2.45, 2.75) is 84.2 Å². The molecule has 0 bridgehead atoms. The Balaban J connectivity index is 2.68. The number of aliphatic hydroxyl groups is 1. The molecule has 0 aliphatic heterocycles. The normalized spacial score (nSPS) is 16.5. The van der Waals surface area contributed by atoms with Crippen LogP contribution in [0, 0.1) is 5.92 Å². The van der Waals surface area contributed by atoms with Crippen molar-refractivity contribution >= 4 is 58.5 Å². The molecule has 0 fully saturated rings. The molecule has 5 atom stereocenters. The predicted molar refractivity (Wildman–Crippen MR) is 149 cm³/mol. The number of esters is 1. The smallest absolute Gasteiger partial charge is 0.409 e. The number of amides is 1. The van der Waals surface area contributed by atoms with Crippen molar-refractivity contribution in [2.24, 2.45) is 5.92 Å². The summed E-state index contributed by atoms with van der Waals surface area (Å²) in [4.78, 5) is 34.1. The highest BCUT2D eigenvalue weighted by atomic mass is 35.5. The van der Waals surface area contributed by atoms with Crippen LogP contribution in [-0.4, -0.2) is 44.6 Å². The summed E-state index contributed by atoms with van der Waals surface area (Å²) in [6.07, 6.45) is 0.926. The third-order valence-electron chi connectivity index (χ3n) is 5.95. The van der Waals surface area contributed by atoms with Gasteiger partial charge in [-0.1, -0.05) is 67.2 Å². The van der Waals surface area contributed by atoms with Crippen LogP contribution < -0.4 is 5.32 Å². The van der Waals surface area contributed by atoms with Gasteiger partial charge >= 0.3 is 12.1 Å². The fourth-order valence-corrected chi connectivity index (χ4v) is 5.04. The lowest BCUT2D eigenvalue weighted by molar-refractivity contribution is -0.159. The van der Waals surface area contributed by atoms with Gasteiger partial charge in [0, 0.05) is 30.7 Å². The van der Waals surface area contributed by atoms with E-state index in [4.69, 9.17) is 55.9 Å². The summed E-state index contributed by atoms with van der Waals surface area (Å²) in [5, 5.41) is 15.3. The molecule has 2 heterocycles. The van der Waals surface area contributed by atoms with Crippen LogP contribution >= 0.6 is 46.4 Å². The Morgan fingerprint density at radius 3 is 1.92 bits per heavy atom. The highest BCUT2D eigenvalue weighted by Crippen LogP contribution is 2.43. The van der Waals surface area contributed by atoms with Crippen LogP contribution in [-0.2, 0) is 14.3 Å². The van der Waals surface area contributed by atoms with Crippen LogP contribution in [0.1, 0.15) is 78.1 Å². The minimum atomic E-state index is -2.06. The molecule has 38 heavy (non-hydrogen) atoms. The van der Waals surface area contributed by atoms with E-state index in [2.05, 4.69) is 15.3 Å². The zero-order valence-corrected chi connectivity index (χ0v) is 25.3. The third kappa shape index (κ3) is 8.58. The van der Waals surface area contributed by atoms with Crippen molar-refractivity contribution in [3.05, 3.63) is 56.0 Å². The van der Waals surface area contributed by atoms with Crippen molar-refractivity contribution in [1.29, 1.82) is 0 Å². The fraction of sp³-hybridized carbons (Fsp3) is 0.538. The quantitative estimate of drug-likeness (QED) is 0.229. The topological polar surface area (TPSA) is 111 Å². The Morgan fingerprint density at radius 2 is 1.47 bits per heavy atom. The number of pyridine rings is 2. The molecule has 0 aromatic carbocycles. The van der Waals surface area contributed by atoms with Gasteiger partial charge in [0.05, 0.1) is 37.4 Å². The average Bonchev–Trinajstić information content (AvgIpc) is 2.77. The molecule has 2 aromatic rings. The SMILES string of the molecule is CCC(=O)OC(C(C)C(C)c1ncc(Cl)cc1Cl)C(c1ncc(Cl)cc1Cl)[C@](C)(O)NC(=O)OC(C)(C)C. The molecule has 2 N–H and O–H groups in total. The summed E-state index contributed by atoms with van der Waals surface area (Å²) < 4.78 is 11.3. The van der Waals surface area contributed by atoms with Gasteiger partial charge in [0.25, 0.3) is 0 Å². The minimum Gasteiger partial charge on any atom is -0.461 e. The van der Waals surface area contributed by atoms with Gasteiger partial charge in [-0.3, -0.25) is 20.1 Å². The van der Waals surface area contributed by atoms with Crippen LogP contribution in [0.5, 0.6) is 0 Å². The molecule has 0 aliphatic carbocycles. The number of aromatic nitrogens is 2. The first-order valence-corrected chi connectivity index (χ1v) is 13.5. The highest BCUT2D eigenvalue weighted by molar-refractivity contribution is 6.35. The van der Waals surface area contributed by atoms with E-state index in [1.54, 1.807) is 33.8 Å². The molecule has 8 nitrogen and oxygen atoms in total. The van der Waals surface area contributed by atoms with Crippen LogP contribution in [0.3, 0.4) is 0 Å². The first-order chi connectivity index (χ1) is 17.5. The van der Waals surface area contributed by atoms with Crippen molar-refractivity contribution < 1.29 is 24.2 Å². The van der Waals surface area contributed by atoms with E-state index in [0.29, 0.717) is 15.7 Å². The van der Waals surface area contributed by atoms with Gasteiger partial charge in [-0.05, 0) is 39.8 Å². The van der Waals surface area contributed by atoms with Crippen LogP contribution in [0.25, 0.3) is 0 Å². The molecule has 0 aliphatic rings. The summed E-state index contributed by atoms with van der Waals surface area (Å²) in [6, 6.07) is 3.02. The molecule has 0 spiro atoms. The molecule has 2 rings (SSSR count). The van der Waals surface area contributed by atoms with E-state index < -0.39 is 47.2 Å². The second-order valence-electron chi connectivity index (χ2n) is 10.2. The number of carbonyl (C=O) groups is 2. The van der Waals surface area contributed by atoms with E-state index >= 15 is 0 Å². The number of hydrogen-bond donors (Lipinski definition) is 2. The zero-order valence-electron chi connectivity index (χ0n) is 22.3. The second-order valence-corrected chi connectivity index (χ2v) is 11.9. The minimum absolute atomic E-state index is 0.0632. The first-order valence-electron chi connectivity index (χ1n) is 12.0. The average molecular weight is 609 g/mol. The number of alkyl carbamates (subject to hydrolysis) is 1. The lowest BCUT2D eigenvalue weighted by Gasteiger charge is -2.41. The third-order valence-corrected chi connectivity index (χ3v) is 6.97. The Kier molecular flexibility index (Phi) is 11.1. The monoisotopic (exact) mass is 607 g/mol. The van der Waals surface area contributed by atoms with Gasteiger partial charge in [-0.25, -0.2) is 4.79 Å². The maximum absolute atomic E-state index is 12.7. The Labute approximate surface area is 243 Å². The molecule has 4 unspecified atom stereocenters. The van der Waals surface area contributed by atoms with E-state index in [-0.39, 0.29) is 22.2 Å². The van der Waals surface area contributed by atoms with Crippen LogP contribution in [0.2, 0.25) is 20.1 Å². The molecule has 210 valence electrons. The van der Waals surface area contributed by atoms with Gasteiger partial charge in [0.1, 0.15) is 17.4 Å². The summed E-state index contributed by atoms with van der Waals surface area (Å²) in [5.41, 5.74) is -2.23. The molecule has 1 amide bonds. The number of carbonyl (C=O) groups excluding carboxylic acids is 2. The van der Waals surface area contributed by atoms with Gasteiger partial charge < -0.3 is 14.6 Å². The van der Waals surface area contributed by atoms with Crippen molar-refractivity contribution in [3.8, 4) is 0 Å². The summed E-state index contributed by atoms with van der Waals surface area (Å²) >= 11 is 25.1. The zero-order chi connectivity index (χ0) is 29.0. The van der Waals surface area contributed by atoms with Crippen LogP contribution in [0.4, 0.5) is 4.79 Å². The molecule has 0 radical (unpaired) electrons. The predicted octanol–water partition coefficient (Wildman–Crippen LogP) is 7.17. The number of rotatable bonds is 9. The van der Waals surface area contributed by atoms with E-state index in [1.165, 1.54) is 25.4 Å². The molecular weight excluding hydrogens is 576 g/mol. The number of ether oxygens (including phenoxy) is 2. The van der Waals surface area contributed by atoms with Crippen molar-refractivity contribution in [2.75, 3.05) is 0 Å². The first kappa shape index (κ1) is 32.4. The summed E-state index contributed by atoms with van der Waals surface area (Å²) in [6.45, 7) is 11.7. The number of nitrogens with zero attached hydrogens (tertiary/aromatic N) is 2. The van der Waals surface area contributed by atoms with Crippen molar-refractivity contribution in [3.63, 3.8) is 0 Å². The Bertz CT molecular complexity index is 1160. The molecular formula is C26H33Cl4N3O5. The van der Waals surface area contributed by atoms with Gasteiger partial charge in [0.2, 0.25) is 0 Å². The molecule has 12 heteroatoms. The van der Waals surface area contributed by atoms with Gasteiger partial charge in [-0.15, -0.1) is 0 Å². The Hall–Kier alpha value is -1.84. The van der Waals surface area contributed by atoms with E-state index in [9.17, 15) is 14.7 Å². The maximum Gasteiger partial charge on any atom is 0.409 e. The highest BCUT2D eigenvalue weighted by Gasteiger charge is 2.48. The number of nitrogens with one attached hydrogen (secondary N) is 1. The van der Waals surface area contributed by atoms with E-state index in [0.717, 1.165) is 0 Å². The lowest BCUT2D eigenvalue weighted by atomic mass is 9.76.